The molecular weight excluding hydrogens is 370 g/mol. The zero-order valence-corrected chi connectivity index (χ0v) is 15.8. The summed E-state index contributed by atoms with van der Waals surface area (Å²) in [5, 5.41) is 5.20. The molecule has 0 aliphatic heterocycles. The number of nitrogens with two attached hydrogens (primary N) is 1. The van der Waals surface area contributed by atoms with Gasteiger partial charge in [-0.1, -0.05) is 30.3 Å². The summed E-state index contributed by atoms with van der Waals surface area (Å²) in [6.45, 7) is 0. The van der Waals surface area contributed by atoms with Crippen LogP contribution < -0.4 is 16.4 Å². The summed E-state index contributed by atoms with van der Waals surface area (Å²) in [4.78, 5) is 40.5. The fourth-order valence-corrected chi connectivity index (χ4v) is 2.88. The van der Waals surface area contributed by atoms with Gasteiger partial charge in [0.1, 0.15) is 6.04 Å². The number of nitrogens with zero attached hydrogens (tertiary/aromatic N) is 2. The van der Waals surface area contributed by atoms with Crippen molar-refractivity contribution in [3.05, 3.63) is 83.9 Å². The molecule has 1 aromatic heterocycles. The number of rotatable bonds is 7. The molecule has 0 spiro atoms. The summed E-state index contributed by atoms with van der Waals surface area (Å²) >= 11 is 0. The van der Waals surface area contributed by atoms with Gasteiger partial charge < -0.3 is 20.9 Å². The normalized spacial score (nSPS) is 11.5. The molecule has 0 saturated heterocycles. The van der Waals surface area contributed by atoms with Gasteiger partial charge in [0.25, 0.3) is 0 Å². The molecule has 8 nitrogen and oxygen atoms in total. The van der Waals surface area contributed by atoms with Crippen LogP contribution in [0.1, 0.15) is 21.7 Å². The number of amides is 3. The van der Waals surface area contributed by atoms with E-state index >= 15 is 0 Å². The van der Waals surface area contributed by atoms with Gasteiger partial charge in [-0.05, 0) is 29.8 Å². The van der Waals surface area contributed by atoms with Gasteiger partial charge in [0, 0.05) is 37.1 Å². The van der Waals surface area contributed by atoms with E-state index in [1.165, 1.54) is 0 Å². The fourth-order valence-electron chi connectivity index (χ4n) is 2.88. The second kappa shape index (κ2) is 8.83. The van der Waals surface area contributed by atoms with Gasteiger partial charge in [-0.15, -0.1) is 0 Å². The number of urea groups is 1. The average Bonchev–Trinajstić information content (AvgIpc) is 3.14. The van der Waals surface area contributed by atoms with Gasteiger partial charge in [-0.25, -0.2) is 9.78 Å². The highest BCUT2D eigenvalue weighted by molar-refractivity contribution is 6.07. The molecule has 0 fully saturated rings. The minimum atomic E-state index is -0.830. The molecule has 1 unspecified atom stereocenters. The number of aryl methyl sites for hydroxylation is 1. The second-order valence-corrected chi connectivity index (χ2v) is 6.51. The van der Waals surface area contributed by atoms with Crippen molar-refractivity contribution >= 4 is 23.4 Å². The molecule has 0 aliphatic carbocycles. The van der Waals surface area contributed by atoms with E-state index in [2.05, 4.69) is 15.6 Å². The first-order valence-corrected chi connectivity index (χ1v) is 8.97. The maximum atomic E-state index is 12.6. The third kappa shape index (κ3) is 5.07. The summed E-state index contributed by atoms with van der Waals surface area (Å²) in [7, 11) is 1.74. The van der Waals surface area contributed by atoms with Crippen LogP contribution in [0.15, 0.2) is 67.0 Å². The molecule has 148 valence electrons. The van der Waals surface area contributed by atoms with Crippen molar-refractivity contribution in [3.8, 4) is 0 Å². The molecule has 0 saturated carbocycles. The molecule has 29 heavy (non-hydrogen) atoms. The summed E-state index contributed by atoms with van der Waals surface area (Å²) in [5.41, 5.74) is 7.05. The zero-order chi connectivity index (χ0) is 20.8. The van der Waals surface area contributed by atoms with Crippen LogP contribution in [0.3, 0.4) is 0 Å². The Labute approximate surface area is 167 Å². The van der Waals surface area contributed by atoms with Gasteiger partial charge in [-0.3, -0.25) is 9.59 Å². The molecule has 0 radical (unpaired) electrons. The molecule has 0 aliphatic rings. The summed E-state index contributed by atoms with van der Waals surface area (Å²) in [5.74, 6) is -0.293. The number of aromatic nitrogens is 2. The maximum Gasteiger partial charge on any atom is 0.312 e. The van der Waals surface area contributed by atoms with Crippen LogP contribution >= 0.6 is 0 Å². The van der Waals surface area contributed by atoms with E-state index in [0.717, 1.165) is 5.56 Å². The van der Waals surface area contributed by atoms with Gasteiger partial charge in [0.2, 0.25) is 11.7 Å². The first kappa shape index (κ1) is 19.8. The van der Waals surface area contributed by atoms with Crippen LogP contribution in [0.4, 0.5) is 10.5 Å². The number of carbonyl (C=O) groups excluding carboxylic acids is 3. The lowest BCUT2D eigenvalue weighted by molar-refractivity contribution is -0.117. The Hall–Kier alpha value is -3.94. The van der Waals surface area contributed by atoms with Crippen LogP contribution in [-0.2, 0) is 18.3 Å². The number of anilines is 1. The van der Waals surface area contributed by atoms with Gasteiger partial charge in [0.15, 0.2) is 5.82 Å². The minimum Gasteiger partial charge on any atom is -0.352 e. The van der Waals surface area contributed by atoms with E-state index in [9.17, 15) is 14.4 Å². The van der Waals surface area contributed by atoms with Gasteiger partial charge in [0.05, 0.1) is 0 Å². The first-order chi connectivity index (χ1) is 13.9. The molecule has 1 heterocycles. The Morgan fingerprint density at radius 3 is 2.34 bits per heavy atom. The largest absolute Gasteiger partial charge is 0.352 e. The van der Waals surface area contributed by atoms with Crippen molar-refractivity contribution < 1.29 is 14.4 Å². The topological polar surface area (TPSA) is 119 Å². The van der Waals surface area contributed by atoms with Gasteiger partial charge in [-0.2, -0.15) is 0 Å². The Morgan fingerprint density at radius 2 is 1.76 bits per heavy atom. The fraction of sp³-hybridized carbons (Fsp3) is 0.143. The number of benzene rings is 2. The van der Waals surface area contributed by atoms with Crippen LogP contribution in [0.2, 0.25) is 0 Å². The SMILES string of the molecule is Cn1ccnc1C(=O)c1ccc(NC(=O)C(Cc2ccccc2)NC(N)=O)cc1. The maximum absolute atomic E-state index is 12.6. The average molecular weight is 391 g/mol. The zero-order valence-electron chi connectivity index (χ0n) is 15.8. The highest BCUT2D eigenvalue weighted by Crippen LogP contribution is 2.14. The van der Waals surface area contributed by atoms with E-state index in [1.54, 1.807) is 48.3 Å². The molecule has 3 aromatic rings. The number of primary amides is 1. The molecule has 3 amide bonds. The number of ketones is 1. The first-order valence-electron chi connectivity index (χ1n) is 8.97. The lowest BCUT2D eigenvalue weighted by atomic mass is 10.0. The molecule has 8 heteroatoms. The Bertz CT molecular complexity index is 1010. The Kier molecular flexibility index (Phi) is 6.03. The third-order valence-corrected chi connectivity index (χ3v) is 4.35. The highest BCUT2D eigenvalue weighted by Gasteiger charge is 2.21. The Balaban J connectivity index is 1.70. The van der Waals surface area contributed by atoms with Crippen molar-refractivity contribution in [2.24, 2.45) is 12.8 Å². The smallest absolute Gasteiger partial charge is 0.312 e. The quantitative estimate of drug-likeness (QED) is 0.533. The van der Waals surface area contributed by atoms with E-state index in [-0.39, 0.29) is 5.78 Å². The van der Waals surface area contributed by atoms with Crippen LogP contribution in [0, 0.1) is 0 Å². The highest BCUT2D eigenvalue weighted by atomic mass is 16.2. The van der Waals surface area contributed by atoms with Crippen LogP contribution in [-0.4, -0.2) is 33.3 Å². The van der Waals surface area contributed by atoms with Gasteiger partial charge >= 0.3 is 6.03 Å². The van der Waals surface area contributed by atoms with E-state index in [4.69, 9.17) is 5.73 Å². The summed E-state index contributed by atoms with van der Waals surface area (Å²) in [6, 6.07) is 14.2. The number of carbonyl (C=O) groups is 3. The third-order valence-electron chi connectivity index (χ3n) is 4.35. The second-order valence-electron chi connectivity index (χ2n) is 6.51. The lowest BCUT2D eigenvalue weighted by Crippen LogP contribution is -2.47. The predicted molar refractivity (Wildman–Crippen MR) is 108 cm³/mol. The number of imidazole rings is 1. The van der Waals surface area contributed by atoms with E-state index in [0.29, 0.717) is 23.5 Å². The van der Waals surface area contributed by atoms with Crippen molar-refractivity contribution in [1.29, 1.82) is 0 Å². The molecular formula is C21H21N5O3. The molecule has 0 bridgehead atoms. The molecule has 2 aromatic carbocycles. The molecule has 4 N–H and O–H groups in total. The number of nitrogens with one attached hydrogen (secondary N) is 2. The Morgan fingerprint density at radius 1 is 1.07 bits per heavy atom. The number of hydrogen-bond acceptors (Lipinski definition) is 4. The van der Waals surface area contributed by atoms with E-state index in [1.807, 2.05) is 30.3 Å². The molecule has 1 atom stereocenters. The monoisotopic (exact) mass is 391 g/mol. The van der Waals surface area contributed by atoms with Crippen LogP contribution in [0.5, 0.6) is 0 Å². The standard InChI is InChI=1S/C21H21N5O3/c1-26-12-11-23-19(26)18(27)15-7-9-16(10-8-15)24-20(28)17(25-21(22)29)13-14-5-3-2-4-6-14/h2-12,17H,13H2,1H3,(H,24,28)(H3,22,25,29). The summed E-state index contributed by atoms with van der Waals surface area (Å²) in [6.07, 6.45) is 3.55. The van der Waals surface area contributed by atoms with Crippen molar-refractivity contribution in [1.82, 2.24) is 14.9 Å². The molecule has 3 rings (SSSR count). The minimum absolute atomic E-state index is 0.215. The number of hydrogen-bond donors (Lipinski definition) is 3. The summed E-state index contributed by atoms with van der Waals surface area (Å²) < 4.78 is 1.64. The van der Waals surface area contributed by atoms with Crippen molar-refractivity contribution in [3.63, 3.8) is 0 Å². The van der Waals surface area contributed by atoms with Crippen molar-refractivity contribution in [2.75, 3.05) is 5.32 Å². The van der Waals surface area contributed by atoms with E-state index < -0.39 is 18.0 Å². The van der Waals surface area contributed by atoms with Crippen LogP contribution in [0.25, 0.3) is 0 Å². The van der Waals surface area contributed by atoms with Crippen molar-refractivity contribution in [2.45, 2.75) is 12.5 Å². The predicted octanol–water partition coefficient (Wildman–Crippen LogP) is 1.87. The lowest BCUT2D eigenvalue weighted by Gasteiger charge is -2.17.